The lowest BCUT2D eigenvalue weighted by Gasteiger charge is -2.41. The van der Waals surface area contributed by atoms with E-state index in [2.05, 4.69) is 37.9 Å². The van der Waals surface area contributed by atoms with Gasteiger partial charge >= 0.3 is 0 Å². The fourth-order valence-corrected chi connectivity index (χ4v) is 7.02. The molecule has 1 spiro atoms. The highest BCUT2D eigenvalue weighted by Crippen LogP contribution is 2.69. The Morgan fingerprint density at radius 1 is 1.04 bits per heavy atom. The monoisotopic (exact) mass is 448 g/mol. The number of benzene rings is 1. The smallest absolute Gasteiger partial charge is 0.131 e. The Balaban J connectivity index is 1.91. The highest BCUT2D eigenvalue weighted by Gasteiger charge is 2.61. The first-order valence-electron chi connectivity index (χ1n) is 8.60. The van der Waals surface area contributed by atoms with Crippen molar-refractivity contribution in [3.8, 4) is 5.75 Å². The van der Waals surface area contributed by atoms with Crippen molar-refractivity contribution in [1.82, 2.24) is 0 Å². The second kappa shape index (κ2) is 5.01. The highest BCUT2D eigenvalue weighted by atomic mass is 79.9. The van der Waals surface area contributed by atoms with E-state index >= 15 is 0 Å². The Hall–Kier alpha value is -1.00. The number of halogens is 2. The van der Waals surface area contributed by atoms with E-state index in [9.17, 15) is 10.2 Å². The first-order chi connectivity index (χ1) is 11.6. The molecule has 0 saturated heterocycles. The molecule has 2 N–H and O–H groups in total. The average molecular weight is 450 g/mol. The summed E-state index contributed by atoms with van der Waals surface area (Å²) in [7, 11) is 0. The summed E-state index contributed by atoms with van der Waals surface area (Å²) in [6.45, 7) is 0. The molecule has 3 atom stereocenters. The van der Waals surface area contributed by atoms with Gasteiger partial charge in [0.25, 0.3) is 0 Å². The topological polar surface area (TPSA) is 40.5 Å². The zero-order chi connectivity index (χ0) is 16.6. The molecule has 1 aromatic carbocycles. The summed E-state index contributed by atoms with van der Waals surface area (Å²) in [5.41, 5.74) is 3.77. The molecular formula is C20H18Br2O2. The van der Waals surface area contributed by atoms with Crippen molar-refractivity contribution in [2.75, 3.05) is 0 Å². The Morgan fingerprint density at radius 2 is 1.83 bits per heavy atom. The number of hydrogen-bond acceptors (Lipinski definition) is 2. The Labute approximate surface area is 158 Å². The maximum Gasteiger partial charge on any atom is 0.131 e. The largest absolute Gasteiger partial charge is 0.507 e. The summed E-state index contributed by atoms with van der Waals surface area (Å²) < 4.78 is 2.13. The number of hydrogen-bond donors (Lipinski definition) is 2. The number of phenols is 1. The van der Waals surface area contributed by atoms with Gasteiger partial charge in [-0.1, -0.05) is 50.8 Å². The van der Waals surface area contributed by atoms with E-state index in [-0.39, 0.29) is 16.9 Å². The number of fused-ring (bicyclic) bond motifs is 2. The molecule has 2 nitrogen and oxygen atoms in total. The molecule has 5 rings (SSSR count). The number of allylic oxidation sites excluding steroid dienone is 5. The van der Waals surface area contributed by atoms with E-state index in [0.717, 1.165) is 26.5 Å². The standard InChI is InChI=1S/C20H18Br2O2/c21-14-6-5-12-19(24)17-16(23)8-7-15(22)18(17)20(12)11-4-2-1-3-10(11)9-13(14)20/h5-8,10-11,23-24H,1-4,9H2. The second-order valence-corrected chi connectivity index (χ2v) is 9.11. The quantitative estimate of drug-likeness (QED) is 0.502. The van der Waals surface area contributed by atoms with Crippen LogP contribution < -0.4 is 0 Å². The van der Waals surface area contributed by atoms with Gasteiger partial charge in [0.2, 0.25) is 0 Å². The number of aliphatic hydroxyl groups excluding tert-OH is 1. The Bertz CT molecular complexity index is 865. The molecule has 0 bridgehead atoms. The van der Waals surface area contributed by atoms with Crippen LogP contribution in [0, 0.1) is 11.8 Å². The van der Waals surface area contributed by atoms with E-state index in [4.69, 9.17) is 0 Å². The van der Waals surface area contributed by atoms with Gasteiger partial charge in [0.15, 0.2) is 0 Å². The fourth-order valence-electron chi connectivity index (χ4n) is 5.77. The summed E-state index contributed by atoms with van der Waals surface area (Å²) in [6.07, 6.45) is 10.2. The van der Waals surface area contributed by atoms with Gasteiger partial charge in [0, 0.05) is 14.5 Å². The maximum absolute atomic E-state index is 11.0. The van der Waals surface area contributed by atoms with Crippen LogP contribution in [-0.2, 0) is 5.41 Å². The minimum atomic E-state index is -0.282. The lowest BCUT2D eigenvalue weighted by molar-refractivity contribution is 0.226. The molecule has 0 radical (unpaired) electrons. The summed E-state index contributed by atoms with van der Waals surface area (Å²) in [6, 6.07) is 3.59. The predicted octanol–water partition coefficient (Wildman–Crippen LogP) is 6.10. The summed E-state index contributed by atoms with van der Waals surface area (Å²) >= 11 is 7.51. The third kappa shape index (κ3) is 1.62. The van der Waals surface area contributed by atoms with Crippen molar-refractivity contribution in [2.24, 2.45) is 11.8 Å². The number of aliphatic hydroxyl groups is 1. The number of rotatable bonds is 0. The van der Waals surface area contributed by atoms with Crippen LogP contribution in [0.25, 0.3) is 5.76 Å². The van der Waals surface area contributed by atoms with E-state index in [1.165, 1.54) is 31.3 Å². The lowest BCUT2D eigenvalue weighted by Crippen LogP contribution is -2.37. The summed E-state index contributed by atoms with van der Waals surface area (Å²) in [4.78, 5) is 0. The van der Waals surface area contributed by atoms with Crippen LogP contribution in [0.4, 0.5) is 0 Å². The van der Waals surface area contributed by atoms with Gasteiger partial charge in [0.1, 0.15) is 11.5 Å². The summed E-state index contributed by atoms with van der Waals surface area (Å²) in [5.74, 6) is 1.58. The Kier molecular flexibility index (Phi) is 3.19. The van der Waals surface area contributed by atoms with Crippen LogP contribution in [-0.4, -0.2) is 10.2 Å². The molecule has 0 heterocycles. The molecule has 3 unspecified atom stereocenters. The average Bonchev–Trinajstić information content (AvgIpc) is 3.06. The van der Waals surface area contributed by atoms with Crippen molar-refractivity contribution in [2.45, 2.75) is 37.5 Å². The normalized spacial score (nSPS) is 33.4. The zero-order valence-corrected chi connectivity index (χ0v) is 16.3. The molecule has 4 heteroatoms. The highest BCUT2D eigenvalue weighted by molar-refractivity contribution is 9.12. The molecule has 2 fully saturated rings. The molecular weight excluding hydrogens is 432 g/mol. The first-order valence-corrected chi connectivity index (χ1v) is 10.2. The van der Waals surface area contributed by atoms with Crippen molar-refractivity contribution in [3.05, 3.63) is 55.5 Å². The maximum atomic E-state index is 11.0. The van der Waals surface area contributed by atoms with Crippen LogP contribution in [0.2, 0.25) is 0 Å². The summed E-state index contributed by atoms with van der Waals surface area (Å²) in [5, 5.41) is 21.5. The van der Waals surface area contributed by atoms with Crippen LogP contribution >= 0.6 is 31.9 Å². The molecule has 0 amide bonds. The van der Waals surface area contributed by atoms with Gasteiger partial charge in [-0.25, -0.2) is 0 Å². The molecule has 124 valence electrons. The first kappa shape index (κ1) is 15.3. The predicted molar refractivity (Wildman–Crippen MR) is 102 cm³/mol. The molecule has 0 aromatic heterocycles. The van der Waals surface area contributed by atoms with Crippen molar-refractivity contribution in [1.29, 1.82) is 0 Å². The van der Waals surface area contributed by atoms with Crippen molar-refractivity contribution in [3.63, 3.8) is 0 Å². The second-order valence-electron chi connectivity index (χ2n) is 7.40. The minimum absolute atomic E-state index is 0.171. The molecule has 24 heavy (non-hydrogen) atoms. The number of phenolic OH excluding ortho intramolecular Hbond substituents is 1. The number of aromatic hydroxyl groups is 1. The van der Waals surface area contributed by atoms with E-state index in [1.807, 2.05) is 12.1 Å². The van der Waals surface area contributed by atoms with Gasteiger partial charge in [-0.3, -0.25) is 0 Å². The fraction of sp³-hybridized carbons (Fsp3) is 0.400. The van der Waals surface area contributed by atoms with E-state index in [1.54, 1.807) is 6.07 Å². The Morgan fingerprint density at radius 3 is 2.67 bits per heavy atom. The van der Waals surface area contributed by atoms with Crippen molar-refractivity contribution < 1.29 is 10.2 Å². The van der Waals surface area contributed by atoms with E-state index in [0.29, 0.717) is 17.4 Å². The molecule has 0 aliphatic heterocycles. The van der Waals surface area contributed by atoms with Gasteiger partial charge in [0.05, 0.1) is 11.0 Å². The minimum Gasteiger partial charge on any atom is -0.507 e. The molecule has 4 aliphatic carbocycles. The third-order valence-corrected chi connectivity index (χ3v) is 7.94. The lowest BCUT2D eigenvalue weighted by atomic mass is 9.62. The van der Waals surface area contributed by atoms with Crippen LogP contribution in [0.5, 0.6) is 5.75 Å². The molecule has 1 aromatic rings. The molecule has 2 saturated carbocycles. The van der Waals surface area contributed by atoms with Crippen LogP contribution in [0.3, 0.4) is 0 Å². The SMILES string of the molecule is OC1=C2C=CC(Br)=C3CC4CCCCC4C23c2c(Br)ccc(O)c21. The zero-order valence-electron chi connectivity index (χ0n) is 13.1. The van der Waals surface area contributed by atoms with Gasteiger partial charge in [-0.15, -0.1) is 0 Å². The van der Waals surface area contributed by atoms with Gasteiger partial charge in [-0.2, -0.15) is 0 Å². The third-order valence-electron chi connectivity index (χ3n) is 6.54. The van der Waals surface area contributed by atoms with Gasteiger partial charge < -0.3 is 10.2 Å². The van der Waals surface area contributed by atoms with Crippen molar-refractivity contribution >= 4 is 37.6 Å². The van der Waals surface area contributed by atoms with Gasteiger partial charge in [-0.05, 0) is 60.4 Å². The molecule has 4 aliphatic rings. The van der Waals surface area contributed by atoms with Crippen LogP contribution in [0.1, 0.15) is 43.2 Å². The van der Waals surface area contributed by atoms with Crippen LogP contribution in [0.15, 0.2) is 44.4 Å². The van der Waals surface area contributed by atoms with E-state index < -0.39 is 0 Å².